The summed E-state index contributed by atoms with van der Waals surface area (Å²) in [4.78, 5) is 10.4. The molecule has 2 rings (SSSR count). The monoisotopic (exact) mass is 158 g/mol. The van der Waals surface area contributed by atoms with E-state index in [1.807, 2.05) is 20.8 Å². The quantitative estimate of drug-likeness (QED) is 0.501. The first-order chi connectivity index (χ1) is 5.02. The molecular weight excluding hydrogens is 144 g/mol. The maximum atomic E-state index is 5.65. The minimum absolute atomic E-state index is 0.196. The summed E-state index contributed by atoms with van der Waals surface area (Å²) in [5, 5.41) is 0. The number of hydrogen-bond acceptors (Lipinski definition) is 3. The molecule has 2 atom stereocenters. The van der Waals surface area contributed by atoms with Gasteiger partial charge in [0, 0.05) is 6.42 Å². The maximum Gasteiger partial charge on any atom is 0.199 e. The second-order valence-electron chi connectivity index (χ2n) is 4.05. The van der Waals surface area contributed by atoms with Crippen LogP contribution in [-0.4, -0.2) is 17.5 Å². The van der Waals surface area contributed by atoms with Crippen LogP contribution in [-0.2, 0) is 14.5 Å². The molecule has 0 unspecified atom stereocenters. The summed E-state index contributed by atoms with van der Waals surface area (Å²) in [6.45, 7) is 5.90. The van der Waals surface area contributed by atoms with Crippen molar-refractivity contribution in [2.24, 2.45) is 0 Å². The number of rotatable bonds is 0. The summed E-state index contributed by atoms with van der Waals surface area (Å²) in [5.41, 5.74) is -0.282. The van der Waals surface area contributed by atoms with E-state index in [0.717, 1.165) is 12.8 Å². The van der Waals surface area contributed by atoms with Crippen LogP contribution in [0, 0.1) is 0 Å². The van der Waals surface area contributed by atoms with Crippen molar-refractivity contribution in [1.82, 2.24) is 0 Å². The maximum absolute atomic E-state index is 5.65. The normalized spacial score (nSPS) is 47.7. The lowest BCUT2D eigenvalue weighted by Crippen LogP contribution is -2.48. The SMILES string of the molecule is CC1(C)OO[C@]2(C)CC[C@@H]1O2. The van der Waals surface area contributed by atoms with E-state index in [-0.39, 0.29) is 11.7 Å². The molecular formula is C8H14O3. The van der Waals surface area contributed by atoms with Crippen LogP contribution >= 0.6 is 0 Å². The highest BCUT2D eigenvalue weighted by Gasteiger charge is 2.51. The molecule has 2 aliphatic heterocycles. The second kappa shape index (κ2) is 1.97. The standard InChI is InChI=1S/C8H14O3/c1-7(2)6-4-5-8(3,9-6)11-10-7/h6H,4-5H2,1-3H3/t6-,8+/m0/s1. The van der Waals surface area contributed by atoms with Crippen molar-refractivity contribution in [2.75, 3.05) is 0 Å². The summed E-state index contributed by atoms with van der Waals surface area (Å²) in [5.74, 6) is -0.472. The molecule has 64 valence electrons. The lowest BCUT2D eigenvalue weighted by molar-refractivity contribution is -0.500. The van der Waals surface area contributed by atoms with Crippen LogP contribution in [0.4, 0.5) is 0 Å². The van der Waals surface area contributed by atoms with Gasteiger partial charge in [0.05, 0.1) is 6.10 Å². The van der Waals surface area contributed by atoms with Gasteiger partial charge in [-0.15, -0.1) is 0 Å². The highest BCUT2D eigenvalue weighted by Crippen LogP contribution is 2.42. The van der Waals surface area contributed by atoms with Crippen molar-refractivity contribution in [3.05, 3.63) is 0 Å². The molecule has 0 radical (unpaired) electrons. The van der Waals surface area contributed by atoms with Gasteiger partial charge in [0.2, 0.25) is 0 Å². The van der Waals surface area contributed by atoms with Crippen molar-refractivity contribution in [3.8, 4) is 0 Å². The van der Waals surface area contributed by atoms with Gasteiger partial charge in [-0.2, -0.15) is 0 Å². The summed E-state index contributed by atoms with van der Waals surface area (Å²) in [6.07, 6.45) is 2.16. The van der Waals surface area contributed by atoms with Gasteiger partial charge in [-0.25, -0.2) is 9.78 Å². The highest BCUT2D eigenvalue weighted by atomic mass is 17.2. The van der Waals surface area contributed by atoms with Crippen molar-refractivity contribution in [2.45, 2.75) is 51.1 Å². The van der Waals surface area contributed by atoms with Crippen LogP contribution in [0.15, 0.2) is 0 Å². The molecule has 0 spiro atoms. The van der Waals surface area contributed by atoms with Crippen LogP contribution < -0.4 is 0 Å². The molecule has 0 aromatic carbocycles. The molecule has 2 bridgehead atoms. The van der Waals surface area contributed by atoms with Gasteiger partial charge < -0.3 is 4.74 Å². The molecule has 2 heterocycles. The predicted molar refractivity (Wildman–Crippen MR) is 38.8 cm³/mol. The average Bonchev–Trinajstić information content (AvgIpc) is 2.25. The average molecular weight is 158 g/mol. The molecule has 2 aliphatic rings. The lowest BCUT2D eigenvalue weighted by atomic mass is 9.99. The zero-order valence-corrected chi connectivity index (χ0v) is 7.22. The Morgan fingerprint density at radius 3 is 2.55 bits per heavy atom. The van der Waals surface area contributed by atoms with Gasteiger partial charge in [-0.05, 0) is 27.2 Å². The van der Waals surface area contributed by atoms with Gasteiger partial charge in [0.1, 0.15) is 5.60 Å². The van der Waals surface area contributed by atoms with E-state index in [9.17, 15) is 0 Å². The molecule has 11 heavy (non-hydrogen) atoms. The first kappa shape index (κ1) is 7.53. The van der Waals surface area contributed by atoms with Gasteiger partial charge >= 0.3 is 0 Å². The van der Waals surface area contributed by atoms with E-state index in [0.29, 0.717) is 0 Å². The van der Waals surface area contributed by atoms with Crippen molar-refractivity contribution < 1.29 is 14.5 Å². The number of hydrogen-bond donors (Lipinski definition) is 0. The Labute approximate surface area is 66.6 Å². The summed E-state index contributed by atoms with van der Waals surface area (Å²) < 4.78 is 5.65. The second-order valence-corrected chi connectivity index (χ2v) is 4.05. The number of ether oxygens (including phenoxy) is 1. The third-order valence-corrected chi connectivity index (χ3v) is 2.46. The summed E-state index contributed by atoms with van der Waals surface area (Å²) in [7, 11) is 0. The van der Waals surface area contributed by atoms with Gasteiger partial charge in [-0.3, -0.25) is 0 Å². The molecule has 0 amide bonds. The third kappa shape index (κ3) is 1.08. The molecule has 0 N–H and O–H groups in total. The lowest BCUT2D eigenvalue weighted by Gasteiger charge is -2.38. The summed E-state index contributed by atoms with van der Waals surface area (Å²) in [6, 6.07) is 0. The molecule has 3 nitrogen and oxygen atoms in total. The van der Waals surface area contributed by atoms with E-state index in [4.69, 9.17) is 14.5 Å². The zero-order valence-electron chi connectivity index (χ0n) is 7.22. The fraction of sp³-hybridized carbons (Fsp3) is 1.00. The Hall–Kier alpha value is -0.120. The fourth-order valence-electron chi connectivity index (χ4n) is 1.61. The molecule has 2 saturated heterocycles. The van der Waals surface area contributed by atoms with E-state index in [1.54, 1.807) is 0 Å². The topological polar surface area (TPSA) is 27.7 Å². The Kier molecular flexibility index (Phi) is 1.35. The largest absolute Gasteiger partial charge is 0.341 e. The minimum atomic E-state index is -0.472. The van der Waals surface area contributed by atoms with Crippen LogP contribution in [0.25, 0.3) is 0 Å². The Morgan fingerprint density at radius 2 is 1.91 bits per heavy atom. The van der Waals surface area contributed by atoms with Crippen LogP contribution in [0.2, 0.25) is 0 Å². The molecule has 2 fully saturated rings. The Morgan fingerprint density at radius 1 is 1.18 bits per heavy atom. The van der Waals surface area contributed by atoms with Crippen molar-refractivity contribution in [1.29, 1.82) is 0 Å². The predicted octanol–water partition coefficient (Wildman–Crippen LogP) is 1.62. The van der Waals surface area contributed by atoms with Gasteiger partial charge in [0.15, 0.2) is 5.79 Å². The van der Waals surface area contributed by atoms with E-state index in [2.05, 4.69) is 0 Å². The smallest absolute Gasteiger partial charge is 0.199 e. The fourth-order valence-corrected chi connectivity index (χ4v) is 1.61. The van der Waals surface area contributed by atoms with Gasteiger partial charge in [0.25, 0.3) is 0 Å². The van der Waals surface area contributed by atoms with Crippen molar-refractivity contribution >= 4 is 0 Å². The summed E-state index contributed by atoms with van der Waals surface area (Å²) >= 11 is 0. The molecule has 0 aromatic heterocycles. The first-order valence-corrected chi connectivity index (χ1v) is 4.07. The van der Waals surface area contributed by atoms with Crippen LogP contribution in [0.1, 0.15) is 33.6 Å². The van der Waals surface area contributed by atoms with Crippen LogP contribution in [0.5, 0.6) is 0 Å². The Bertz CT molecular complexity index is 178. The van der Waals surface area contributed by atoms with Gasteiger partial charge in [-0.1, -0.05) is 0 Å². The first-order valence-electron chi connectivity index (χ1n) is 4.07. The molecule has 0 aromatic rings. The van der Waals surface area contributed by atoms with E-state index in [1.165, 1.54) is 0 Å². The molecule has 0 aliphatic carbocycles. The zero-order chi connectivity index (χ0) is 8.11. The van der Waals surface area contributed by atoms with Crippen molar-refractivity contribution in [3.63, 3.8) is 0 Å². The van der Waals surface area contributed by atoms with Crippen LogP contribution in [0.3, 0.4) is 0 Å². The van der Waals surface area contributed by atoms with E-state index >= 15 is 0 Å². The highest BCUT2D eigenvalue weighted by molar-refractivity contribution is 4.90. The molecule has 3 heteroatoms. The molecule has 0 saturated carbocycles. The Balaban J connectivity index is 2.19. The third-order valence-electron chi connectivity index (χ3n) is 2.46. The van der Waals surface area contributed by atoms with E-state index < -0.39 is 5.79 Å². The minimum Gasteiger partial charge on any atom is -0.341 e. The number of fused-ring (bicyclic) bond motifs is 2.